The molecule has 0 saturated carbocycles. The van der Waals surface area contributed by atoms with E-state index in [-0.39, 0.29) is 0 Å². The van der Waals surface area contributed by atoms with Crippen molar-refractivity contribution in [3.8, 4) is 0 Å². The summed E-state index contributed by atoms with van der Waals surface area (Å²) in [5.41, 5.74) is -0.447. The number of methoxy groups -OCH3 is 1. The molecule has 1 aromatic heterocycles. The molecule has 3 unspecified atom stereocenters. The van der Waals surface area contributed by atoms with Crippen LogP contribution in [0, 0.1) is 11.8 Å². The van der Waals surface area contributed by atoms with Crippen molar-refractivity contribution in [1.82, 2.24) is 15.5 Å². The molecule has 0 amide bonds. The van der Waals surface area contributed by atoms with E-state index < -0.39 is 5.60 Å². The maximum Gasteiger partial charge on any atom is 0.227 e. The Morgan fingerprint density at radius 1 is 1.55 bits per heavy atom. The normalized spacial score (nSPS) is 24.3. The molecule has 0 aliphatic carbocycles. The summed E-state index contributed by atoms with van der Waals surface area (Å²) in [6, 6.07) is 0. The van der Waals surface area contributed by atoms with Gasteiger partial charge in [-0.05, 0) is 51.1 Å². The zero-order valence-corrected chi connectivity index (χ0v) is 13.1. The predicted molar refractivity (Wildman–Crippen MR) is 77.4 cm³/mol. The van der Waals surface area contributed by atoms with Crippen LogP contribution in [0.2, 0.25) is 0 Å². The summed E-state index contributed by atoms with van der Waals surface area (Å²) in [6.07, 6.45) is 4.23. The van der Waals surface area contributed by atoms with Crippen molar-refractivity contribution in [3.63, 3.8) is 0 Å². The molecule has 0 spiro atoms. The van der Waals surface area contributed by atoms with E-state index in [1.807, 2.05) is 6.92 Å². The summed E-state index contributed by atoms with van der Waals surface area (Å²) >= 11 is 0. The van der Waals surface area contributed by atoms with E-state index in [0.717, 1.165) is 31.8 Å². The van der Waals surface area contributed by atoms with Crippen molar-refractivity contribution in [2.45, 2.75) is 52.1 Å². The van der Waals surface area contributed by atoms with Crippen molar-refractivity contribution < 1.29 is 9.26 Å². The summed E-state index contributed by atoms with van der Waals surface area (Å²) < 4.78 is 10.9. The number of rotatable bonds is 6. The number of nitrogens with one attached hydrogen (secondary N) is 1. The Bertz CT molecular complexity index is 409. The van der Waals surface area contributed by atoms with Crippen molar-refractivity contribution >= 4 is 0 Å². The lowest BCUT2D eigenvalue weighted by atomic mass is 9.85. The van der Waals surface area contributed by atoms with Gasteiger partial charge in [0.05, 0.1) is 0 Å². The maximum atomic E-state index is 5.51. The molecule has 5 heteroatoms. The van der Waals surface area contributed by atoms with Crippen molar-refractivity contribution in [2.75, 3.05) is 20.2 Å². The van der Waals surface area contributed by atoms with Gasteiger partial charge in [0.25, 0.3) is 0 Å². The first-order valence-electron chi connectivity index (χ1n) is 7.68. The Balaban J connectivity index is 1.98. The molecule has 2 heterocycles. The molecule has 1 aromatic rings. The fourth-order valence-electron chi connectivity index (χ4n) is 2.75. The monoisotopic (exact) mass is 281 g/mol. The topological polar surface area (TPSA) is 60.2 Å². The fraction of sp³-hybridized carbons (Fsp3) is 0.867. The highest BCUT2D eigenvalue weighted by atomic mass is 16.5. The Morgan fingerprint density at radius 2 is 2.35 bits per heavy atom. The Kier molecular flexibility index (Phi) is 5.16. The molecule has 1 fully saturated rings. The van der Waals surface area contributed by atoms with Gasteiger partial charge in [0.15, 0.2) is 0 Å². The molecule has 1 aliphatic rings. The van der Waals surface area contributed by atoms with Crippen LogP contribution in [-0.4, -0.2) is 30.3 Å². The third-order valence-electron chi connectivity index (χ3n) is 4.70. The third kappa shape index (κ3) is 3.38. The first-order valence-corrected chi connectivity index (χ1v) is 7.68. The van der Waals surface area contributed by atoms with E-state index in [9.17, 15) is 0 Å². The molecule has 1 aliphatic heterocycles. The van der Waals surface area contributed by atoms with Crippen molar-refractivity contribution in [2.24, 2.45) is 11.8 Å². The molecule has 1 N–H and O–H groups in total. The smallest absolute Gasteiger partial charge is 0.227 e. The number of hydrogen-bond acceptors (Lipinski definition) is 5. The van der Waals surface area contributed by atoms with Crippen LogP contribution in [0.5, 0.6) is 0 Å². The standard InChI is InChI=1S/C15H27N3O2/c1-5-15(3,19-4)14-17-13(20-18-14)9-11(2)12-7-6-8-16-10-12/h11-12,16H,5-10H2,1-4H3. The summed E-state index contributed by atoms with van der Waals surface area (Å²) in [5, 5.41) is 7.56. The van der Waals surface area contributed by atoms with Gasteiger partial charge >= 0.3 is 0 Å². The Labute approximate surface area is 121 Å². The summed E-state index contributed by atoms with van der Waals surface area (Å²) in [7, 11) is 1.69. The van der Waals surface area contributed by atoms with E-state index in [1.54, 1.807) is 7.11 Å². The summed E-state index contributed by atoms with van der Waals surface area (Å²) in [4.78, 5) is 4.54. The van der Waals surface area contributed by atoms with Gasteiger partial charge in [0.2, 0.25) is 11.7 Å². The lowest BCUT2D eigenvalue weighted by Crippen LogP contribution is -2.34. The predicted octanol–water partition coefficient (Wildman–Crippen LogP) is 2.52. The van der Waals surface area contributed by atoms with Gasteiger partial charge in [-0.2, -0.15) is 4.98 Å². The second-order valence-electron chi connectivity index (χ2n) is 6.09. The van der Waals surface area contributed by atoms with Crippen LogP contribution >= 0.6 is 0 Å². The van der Waals surface area contributed by atoms with Crippen LogP contribution in [0.3, 0.4) is 0 Å². The highest BCUT2D eigenvalue weighted by Crippen LogP contribution is 2.27. The lowest BCUT2D eigenvalue weighted by molar-refractivity contribution is -0.0106. The van der Waals surface area contributed by atoms with Crippen LogP contribution in [0.15, 0.2) is 4.52 Å². The number of hydrogen-bond donors (Lipinski definition) is 1. The highest BCUT2D eigenvalue weighted by molar-refractivity contribution is 4.99. The van der Waals surface area contributed by atoms with Crippen molar-refractivity contribution in [3.05, 3.63) is 11.7 Å². The molecule has 0 bridgehead atoms. The zero-order chi connectivity index (χ0) is 14.6. The molecule has 20 heavy (non-hydrogen) atoms. The molecular weight excluding hydrogens is 254 g/mol. The zero-order valence-electron chi connectivity index (χ0n) is 13.1. The van der Waals surface area contributed by atoms with Crippen LogP contribution in [0.4, 0.5) is 0 Å². The van der Waals surface area contributed by atoms with E-state index in [0.29, 0.717) is 17.7 Å². The fourth-order valence-corrected chi connectivity index (χ4v) is 2.75. The number of nitrogens with zero attached hydrogens (tertiary/aromatic N) is 2. The minimum absolute atomic E-state index is 0.447. The van der Waals surface area contributed by atoms with E-state index in [4.69, 9.17) is 9.26 Å². The largest absolute Gasteiger partial charge is 0.370 e. The highest BCUT2D eigenvalue weighted by Gasteiger charge is 2.30. The first-order chi connectivity index (χ1) is 9.59. The second-order valence-corrected chi connectivity index (χ2v) is 6.09. The van der Waals surface area contributed by atoms with E-state index >= 15 is 0 Å². The van der Waals surface area contributed by atoms with Gasteiger partial charge in [-0.1, -0.05) is 19.0 Å². The number of aromatic nitrogens is 2. The van der Waals surface area contributed by atoms with Crippen LogP contribution in [-0.2, 0) is 16.8 Å². The Hall–Kier alpha value is -0.940. The minimum Gasteiger partial charge on any atom is -0.370 e. The average molecular weight is 281 g/mol. The second kappa shape index (κ2) is 6.68. The Morgan fingerprint density at radius 3 is 2.95 bits per heavy atom. The molecular formula is C15H27N3O2. The van der Waals surface area contributed by atoms with Crippen LogP contribution < -0.4 is 5.32 Å². The molecule has 5 nitrogen and oxygen atoms in total. The van der Waals surface area contributed by atoms with Gasteiger partial charge in [-0.15, -0.1) is 0 Å². The van der Waals surface area contributed by atoms with Gasteiger partial charge < -0.3 is 14.6 Å². The van der Waals surface area contributed by atoms with E-state index in [1.165, 1.54) is 12.8 Å². The molecule has 3 atom stereocenters. The van der Waals surface area contributed by atoms with Gasteiger partial charge in [-0.3, -0.25) is 0 Å². The first kappa shape index (κ1) is 15.4. The van der Waals surface area contributed by atoms with Crippen LogP contribution in [0.1, 0.15) is 51.7 Å². The van der Waals surface area contributed by atoms with Gasteiger partial charge in [0.1, 0.15) is 5.60 Å². The maximum absolute atomic E-state index is 5.51. The third-order valence-corrected chi connectivity index (χ3v) is 4.70. The molecule has 1 saturated heterocycles. The molecule has 0 radical (unpaired) electrons. The van der Waals surface area contributed by atoms with Crippen molar-refractivity contribution in [1.29, 1.82) is 0 Å². The number of piperidine rings is 1. The number of ether oxygens (including phenoxy) is 1. The summed E-state index contributed by atoms with van der Waals surface area (Å²) in [6.45, 7) is 8.59. The summed E-state index contributed by atoms with van der Waals surface area (Å²) in [5.74, 6) is 2.66. The molecule has 0 aromatic carbocycles. The molecule has 114 valence electrons. The van der Waals surface area contributed by atoms with E-state index in [2.05, 4.69) is 29.3 Å². The van der Waals surface area contributed by atoms with Gasteiger partial charge in [0, 0.05) is 13.5 Å². The average Bonchev–Trinajstić information content (AvgIpc) is 2.96. The van der Waals surface area contributed by atoms with Crippen LogP contribution in [0.25, 0.3) is 0 Å². The van der Waals surface area contributed by atoms with Gasteiger partial charge in [-0.25, -0.2) is 0 Å². The molecule has 2 rings (SSSR count). The minimum atomic E-state index is -0.447. The SMILES string of the molecule is CCC(C)(OC)c1noc(CC(C)C2CCCNC2)n1. The lowest BCUT2D eigenvalue weighted by Gasteiger charge is -2.27. The quantitative estimate of drug-likeness (QED) is 0.868.